The van der Waals surface area contributed by atoms with Gasteiger partial charge >= 0.3 is 5.97 Å². The van der Waals surface area contributed by atoms with Gasteiger partial charge in [-0.05, 0) is 37.0 Å². The molecule has 2 N–H and O–H groups in total. The van der Waals surface area contributed by atoms with Crippen LogP contribution < -0.4 is 10.6 Å². The van der Waals surface area contributed by atoms with Crippen LogP contribution in [0.2, 0.25) is 5.02 Å². The predicted octanol–water partition coefficient (Wildman–Crippen LogP) is 3.88. The average molecular weight is 391 g/mol. The van der Waals surface area contributed by atoms with Gasteiger partial charge in [0.15, 0.2) is 5.75 Å². The van der Waals surface area contributed by atoms with Crippen LogP contribution in [0.5, 0.6) is 5.75 Å². The minimum atomic E-state index is -0.298. The lowest BCUT2D eigenvalue weighted by atomic mass is 10.00. The minimum absolute atomic E-state index is 0.115. The Kier molecular flexibility index (Phi) is 6.44. The summed E-state index contributed by atoms with van der Waals surface area (Å²) in [6.07, 6.45) is 2.52. The van der Waals surface area contributed by atoms with Crippen LogP contribution >= 0.6 is 11.6 Å². The standard InChI is InChI=1S/C20H23ClN2O4/c1-12(7-8-26-22)9-18(24)27-19-13(2)23-10-16-17(19)11-25-20(16)14-3-5-15(21)6-4-14/h3-6,10,12,20H,7-9,11,22H2,1-2H3. The van der Waals surface area contributed by atoms with Crippen molar-refractivity contribution in [2.24, 2.45) is 11.8 Å². The summed E-state index contributed by atoms with van der Waals surface area (Å²) in [4.78, 5) is 21.3. The van der Waals surface area contributed by atoms with E-state index in [9.17, 15) is 4.79 Å². The lowest BCUT2D eigenvalue weighted by Crippen LogP contribution is -2.16. The fourth-order valence-corrected chi connectivity index (χ4v) is 3.27. The van der Waals surface area contributed by atoms with E-state index in [4.69, 9.17) is 27.0 Å². The number of esters is 1. The Morgan fingerprint density at radius 2 is 2.15 bits per heavy atom. The van der Waals surface area contributed by atoms with Crippen molar-refractivity contribution in [1.29, 1.82) is 0 Å². The van der Waals surface area contributed by atoms with Crippen LogP contribution in [0.3, 0.4) is 0 Å². The van der Waals surface area contributed by atoms with Gasteiger partial charge in [0.2, 0.25) is 0 Å². The summed E-state index contributed by atoms with van der Waals surface area (Å²) in [6.45, 7) is 4.56. The molecule has 1 aliphatic heterocycles. The number of carbonyl (C=O) groups is 1. The molecule has 2 unspecified atom stereocenters. The number of nitrogens with two attached hydrogens (primary N) is 1. The van der Waals surface area contributed by atoms with E-state index >= 15 is 0 Å². The van der Waals surface area contributed by atoms with E-state index in [2.05, 4.69) is 9.82 Å². The first-order chi connectivity index (χ1) is 13.0. The van der Waals surface area contributed by atoms with Gasteiger partial charge < -0.3 is 14.3 Å². The molecule has 1 aromatic carbocycles. The molecule has 1 aliphatic rings. The molecule has 0 amide bonds. The molecular weight excluding hydrogens is 368 g/mol. The van der Waals surface area contributed by atoms with Gasteiger partial charge in [0.1, 0.15) is 6.10 Å². The third-order valence-electron chi connectivity index (χ3n) is 4.66. The molecule has 2 atom stereocenters. The van der Waals surface area contributed by atoms with Gasteiger partial charge in [0, 0.05) is 28.8 Å². The number of ether oxygens (including phenoxy) is 2. The number of rotatable bonds is 7. The van der Waals surface area contributed by atoms with Crippen LogP contribution in [0.1, 0.15) is 48.3 Å². The number of aromatic nitrogens is 1. The van der Waals surface area contributed by atoms with Gasteiger partial charge in [-0.25, -0.2) is 5.90 Å². The number of hydrogen-bond donors (Lipinski definition) is 1. The maximum absolute atomic E-state index is 12.3. The maximum Gasteiger partial charge on any atom is 0.311 e. The highest BCUT2D eigenvalue weighted by molar-refractivity contribution is 6.30. The molecule has 0 aliphatic carbocycles. The maximum atomic E-state index is 12.3. The molecule has 0 bridgehead atoms. The first-order valence-corrected chi connectivity index (χ1v) is 9.25. The molecule has 0 spiro atoms. The molecule has 144 valence electrons. The molecule has 3 rings (SSSR count). The summed E-state index contributed by atoms with van der Waals surface area (Å²) in [5, 5.41) is 0.669. The van der Waals surface area contributed by atoms with Crippen LogP contribution in [0.25, 0.3) is 0 Å². The van der Waals surface area contributed by atoms with Gasteiger partial charge in [-0.3, -0.25) is 9.78 Å². The molecule has 27 heavy (non-hydrogen) atoms. The second kappa shape index (κ2) is 8.80. The number of aryl methyl sites for hydroxylation is 1. The summed E-state index contributed by atoms with van der Waals surface area (Å²) in [5.41, 5.74) is 3.43. The summed E-state index contributed by atoms with van der Waals surface area (Å²) < 4.78 is 11.6. The second-order valence-corrected chi connectivity index (χ2v) is 7.23. The molecular formula is C20H23ClN2O4. The van der Waals surface area contributed by atoms with Crippen LogP contribution in [-0.4, -0.2) is 17.6 Å². The van der Waals surface area contributed by atoms with Gasteiger partial charge in [-0.2, -0.15) is 0 Å². The first kappa shape index (κ1) is 19.8. The van der Waals surface area contributed by atoms with Crippen molar-refractivity contribution in [3.63, 3.8) is 0 Å². The van der Waals surface area contributed by atoms with Crippen LogP contribution in [0, 0.1) is 12.8 Å². The van der Waals surface area contributed by atoms with Gasteiger partial charge in [-0.15, -0.1) is 0 Å². The van der Waals surface area contributed by atoms with Crippen molar-refractivity contribution < 1.29 is 19.1 Å². The fourth-order valence-electron chi connectivity index (χ4n) is 3.14. The Hall–Kier alpha value is -1.99. The van der Waals surface area contributed by atoms with Gasteiger partial charge in [0.25, 0.3) is 0 Å². The third kappa shape index (κ3) is 4.65. The quantitative estimate of drug-likeness (QED) is 0.570. The normalized spacial score (nSPS) is 16.8. The SMILES string of the molecule is Cc1ncc2c(c1OC(=O)CC(C)CCON)COC2c1ccc(Cl)cc1. The number of benzene rings is 1. The zero-order valence-electron chi connectivity index (χ0n) is 15.4. The zero-order chi connectivity index (χ0) is 19.4. The second-order valence-electron chi connectivity index (χ2n) is 6.79. The summed E-state index contributed by atoms with van der Waals surface area (Å²) >= 11 is 5.97. The summed E-state index contributed by atoms with van der Waals surface area (Å²) in [5.74, 6) is 5.35. The van der Waals surface area contributed by atoms with Crippen molar-refractivity contribution in [2.45, 2.75) is 39.4 Å². The smallest absolute Gasteiger partial charge is 0.311 e. The first-order valence-electron chi connectivity index (χ1n) is 8.87. The predicted molar refractivity (Wildman–Crippen MR) is 101 cm³/mol. The van der Waals surface area contributed by atoms with Crippen LogP contribution in [-0.2, 0) is 21.0 Å². The third-order valence-corrected chi connectivity index (χ3v) is 4.91. The van der Waals surface area contributed by atoms with E-state index in [0.29, 0.717) is 36.1 Å². The highest BCUT2D eigenvalue weighted by Crippen LogP contribution is 2.41. The molecule has 7 heteroatoms. The summed E-state index contributed by atoms with van der Waals surface area (Å²) in [6, 6.07) is 7.50. The van der Waals surface area contributed by atoms with Crippen molar-refractivity contribution in [2.75, 3.05) is 6.61 Å². The topological polar surface area (TPSA) is 83.7 Å². The molecule has 6 nitrogen and oxygen atoms in total. The van der Waals surface area contributed by atoms with E-state index in [0.717, 1.165) is 16.7 Å². The van der Waals surface area contributed by atoms with E-state index in [1.807, 2.05) is 38.1 Å². The molecule has 0 radical (unpaired) electrons. The Bertz CT molecular complexity index is 810. The molecule has 2 aromatic rings. The van der Waals surface area contributed by atoms with E-state index in [1.54, 1.807) is 6.20 Å². The fraction of sp³-hybridized carbons (Fsp3) is 0.400. The van der Waals surface area contributed by atoms with Gasteiger partial charge in [0.05, 0.1) is 18.9 Å². The Labute approximate surface area is 163 Å². The van der Waals surface area contributed by atoms with Crippen molar-refractivity contribution in [3.05, 3.63) is 57.9 Å². The molecule has 2 heterocycles. The minimum Gasteiger partial charge on any atom is -0.424 e. The van der Waals surface area contributed by atoms with E-state index in [-0.39, 0.29) is 24.4 Å². The number of nitrogens with zero attached hydrogens (tertiary/aromatic N) is 1. The number of pyridine rings is 1. The van der Waals surface area contributed by atoms with E-state index in [1.165, 1.54) is 0 Å². The number of halogens is 1. The largest absolute Gasteiger partial charge is 0.424 e. The number of fused-ring (bicyclic) bond motifs is 1. The van der Waals surface area contributed by atoms with Crippen LogP contribution in [0.4, 0.5) is 0 Å². The average Bonchev–Trinajstić information content (AvgIpc) is 3.07. The highest BCUT2D eigenvalue weighted by atomic mass is 35.5. The van der Waals surface area contributed by atoms with Gasteiger partial charge in [-0.1, -0.05) is 30.7 Å². The van der Waals surface area contributed by atoms with Crippen molar-refractivity contribution in [1.82, 2.24) is 4.98 Å². The number of carbonyl (C=O) groups excluding carboxylic acids is 1. The molecule has 0 saturated carbocycles. The van der Waals surface area contributed by atoms with Crippen molar-refractivity contribution >= 4 is 17.6 Å². The Balaban J connectivity index is 1.78. The Morgan fingerprint density at radius 3 is 2.85 bits per heavy atom. The zero-order valence-corrected chi connectivity index (χ0v) is 16.2. The monoisotopic (exact) mass is 390 g/mol. The Morgan fingerprint density at radius 1 is 1.41 bits per heavy atom. The van der Waals surface area contributed by atoms with E-state index < -0.39 is 0 Å². The highest BCUT2D eigenvalue weighted by Gasteiger charge is 2.30. The molecule has 0 saturated heterocycles. The molecule has 0 fully saturated rings. The molecule has 1 aromatic heterocycles. The lowest BCUT2D eigenvalue weighted by Gasteiger charge is -2.14. The lowest BCUT2D eigenvalue weighted by molar-refractivity contribution is -0.135. The summed E-state index contributed by atoms with van der Waals surface area (Å²) in [7, 11) is 0. The van der Waals surface area contributed by atoms with Crippen molar-refractivity contribution in [3.8, 4) is 5.75 Å². The van der Waals surface area contributed by atoms with Crippen LogP contribution in [0.15, 0.2) is 30.5 Å². The number of hydrogen-bond acceptors (Lipinski definition) is 6.